The Labute approximate surface area is 134 Å². The van der Waals surface area contributed by atoms with Crippen molar-refractivity contribution in [1.82, 2.24) is 10.6 Å². The van der Waals surface area contributed by atoms with Crippen LogP contribution in [0, 0.1) is 6.92 Å². The molecule has 1 aromatic carbocycles. The fourth-order valence-corrected chi connectivity index (χ4v) is 2.15. The van der Waals surface area contributed by atoms with Gasteiger partial charge >= 0.3 is 0 Å². The van der Waals surface area contributed by atoms with Crippen molar-refractivity contribution < 1.29 is 9.47 Å². The monoisotopic (exact) mass is 307 g/mol. The van der Waals surface area contributed by atoms with Gasteiger partial charge in [-0.3, -0.25) is 4.99 Å². The molecular weight excluding hydrogens is 278 g/mol. The molecule has 5 nitrogen and oxygen atoms in total. The van der Waals surface area contributed by atoms with Gasteiger partial charge in [0.05, 0.1) is 7.11 Å². The zero-order chi connectivity index (χ0) is 16.2. The summed E-state index contributed by atoms with van der Waals surface area (Å²) in [4.78, 5) is 4.24. The van der Waals surface area contributed by atoms with Crippen molar-refractivity contribution in [3.63, 3.8) is 0 Å². The Morgan fingerprint density at radius 3 is 2.64 bits per heavy atom. The predicted molar refractivity (Wildman–Crippen MR) is 91.7 cm³/mol. The number of rotatable bonds is 9. The second kappa shape index (κ2) is 10.9. The third kappa shape index (κ3) is 6.80. The summed E-state index contributed by atoms with van der Waals surface area (Å²) in [6.45, 7) is 4.49. The van der Waals surface area contributed by atoms with Crippen LogP contribution in [-0.2, 0) is 11.3 Å². The van der Waals surface area contributed by atoms with E-state index in [1.165, 1.54) is 5.56 Å². The van der Waals surface area contributed by atoms with Crippen LogP contribution < -0.4 is 15.4 Å². The zero-order valence-corrected chi connectivity index (χ0v) is 14.2. The fourth-order valence-electron chi connectivity index (χ4n) is 2.15. The lowest BCUT2D eigenvalue weighted by atomic mass is 10.1. The third-order valence-corrected chi connectivity index (χ3v) is 3.43. The zero-order valence-electron chi connectivity index (χ0n) is 14.2. The lowest BCUT2D eigenvalue weighted by molar-refractivity contribution is 0.192. The van der Waals surface area contributed by atoms with Crippen LogP contribution in [-0.4, -0.2) is 40.4 Å². The minimum atomic E-state index is 0.687. The predicted octanol–water partition coefficient (Wildman–Crippen LogP) is 2.49. The molecule has 0 aromatic heterocycles. The molecule has 0 aliphatic heterocycles. The van der Waals surface area contributed by atoms with Crippen LogP contribution in [0.1, 0.15) is 30.4 Å². The number of aryl methyl sites for hydroxylation is 1. The molecule has 0 fully saturated rings. The van der Waals surface area contributed by atoms with Crippen molar-refractivity contribution in [1.29, 1.82) is 0 Å². The molecule has 1 rings (SSSR count). The van der Waals surface area contributed by atoms with Crippen LogP contribution in [0.5, 0.6) is 5.75 Å². The van der Waals surface area contributed by atoms with Gasteiger partial charge < -0.3 is 20.1 Å². The lowest BCUT2D eigenvalue weighted by Gasteiger charge is -2.14. The van der Waals surface area contributed by atoms with E-state index in [-0.39, 0.29) is 0 Å². The Kier molecular flexibility index (Phi) is 9.07. The van der Waals surface area contributed by atoms with Gasteiger partial charge in [0.2, 0.25) is 0 Å². The summed E-state index contributed by atoms with van der Waals surface area (Å²) in [5.74, 6) is 1.72. The van der Waals surface area contributed by atoms with Crippen molar-refractivity contribution in [2.75, 3.05) is 34.4 Å². The molecule has 1 aromatic rings. The molecule has 0 unspecified atom stereocenters. The average molecular weight is 307 g/mol. The Morgan fingerprint density at radius 1 is 1.14 bits per heavy atom. The largest absolute Gasteiger partial charge is 0.496 e. The minimum absolute atomic E-state index is 0.687. The molecule has 0 saturated carbocycles. The molecule has 0 atom stereocenters. The van der Waals surface area contributed by atoms with Gasteiger partial charge in [-0.1, -0.05) is 12.1 Å². The molecule has 124 valence electrons. The summed E-state index contributed by atoms with van der Waals surface area (Å²) >= 11 is 0. The average Bonchev–Trinajstić information content (AvgIpc) is 2.54. The molecule has 22 heavy (non-hydrogen) atoms. The minimum Gasteiger partial charge on any atom is -0.496 e. The van der Waals surface area contributed by atoms with Gasteiger partial charge in [0.15, 0.2) is 5.96 Å². The Morgan fingerprint density at radius 2 is 1.95 bits per heavy atom. The normalized spacial score (nSPS) is 11.4. The van der Waals surface area contributed by atoms with Gasteiger partial charge in [0.1, 0.15) is 5.75 Å². The van der Waals surface area contributed by atoms with Crippen LogP contribution >= 0.6 is 0 Å². The molecule has 2 N–H and O–H groups in total. The van der Waals surface area contributed by atoms with Crippen molar-refractivity contribution in [3.8, 4) is 5.75 Å². The van der Waals surface area contributed by atoms with Crippen molar-refractivity contribution in [3.05, 3.63) is 29.3 Å². The molecule has 0 aliphatic carbocycles. The summed E-state index contributed by atoms with van der Waals surface area (Å²) < 4.78 is 10.5. The highest BCUT2D eigenvalue weighted by Gasteiger charge is 2.04. The molecule has 0 radical (unpaired) electrons. The third-order valence-electron chi connectivity index (χ3n) is 3.43. The van der Waals surface area contributed by atoms with Crippen molar-refractivity contribution in [2.45, 2.75) is 32.7 Å². The summed E-state index contributed by atoms with van der Waals surface area (Å²) in [5, 5.41) is 6.64. The van der Waals surface area contributed by atoms with Gasteiger partial charge in [-0.05, 0) is 37.8 Å². The van der Waals surface area contributed by atoms with Crippen LogP contribution in [0.15, 0.2) is 23.2 Å². The first kappa shape index (κ1) is 18.3. The van der Waals surface area contributed by atoms with Crippen LogP contribution in [0.4, 0.5) is 0 Å². The van der Waals surface area contributed by atoms with E-state index in [1.54, 1.807) is 21.3 Å². The molecule has 0 spiro atoms. The van der Waals surface area contributed by atoms with E-state index < -0.39 is 0 Å². The second-order valence-electron chi connectivity index (χ2n) is 5.22. The van der Waals surface area contributed by atoms with E-state index in [0.29, 0.717) is 6.54 Å². The quantitative estimate of drug-likeness (QED) is 0.418. The highest BCUT2D eigenvalue weighted by molar-refractivity contribution is 5.79. The van der Waals surface area contributed by atoms with E-state index in [1.807, 2.05) is 6.07 Å². The standard InChI is InChI=1S/C17H29N3O2/c1-14-8-9-15(16(12-14)22-4)13-20-17(18-2)19-10-6-5-7-11-21-3/h8-9,12H,5-7,10-11,13H2,1-4H3,(H2,18,19,20). The number of unbranched alkanes of at least 4 members (excludes halogenated alkanes) is 2. The maximum Gasteiger partial charge on any atom is 0.191 e. The molecule has 0 aliphatic rings. The topological polar surface area (TPSA) is 54.9 Å². The number of guanidine groups is 1. The number of ether oxygens (including phenoxy) is 2. The Bertz CT molecular complexity index is 461. The SMILES string of the molecule is CN=C(NCCCCCOC)NCc1ccc(C)cc1OC. The van der Waals surface area contributed by atoms with E-state index in [4.69, 9.17) is 9.47 Å². The summed E-state index contributed by atoms with van der Waals surface area (Å²) in [6, 6.07) is 6.22. The molecule has 0 bridgehead atoms. The smallest absolute Gasteiger partial charge is 0.191 e. The molecule has 0 heterocycles. The maximum absolute atomic E-state index is 5.42. The van der Waals surface area contributed by atoms with Crippen LogP contribution in [0.3, 0.4) is 0 Å². The van der Waals surface area contributed by atoms with E-state index in [9.17, 15) is 0 Å². The Hall–Kier alpha value is -1.75. The Balaban J connectivity index is 2.35. The molecule has 0 saturated heterocycles. The first-order valence-electron chi connectivity index (χ1n) is 7.78. The lowest BCUT2D eigenvalue weighted by Crippen LogP contribution is -2.37. The van der Waals surface area contributed by atoms with Crippen molar-refractivity contribution in [2.24, 2.45) is 4.99 Å². The first-order chi connectivity index (χ1) is 10.7. The van der Waals surface area contributed by atoms with Gasteiger partial charge in [0.25, 0.3) is 0 Å². The number of hydrogen-bond acceptors (Lipinski definition) is 3. The number of benzene rings is 1. The highest BCUT2D eigenvalue weighted by Crippen LogP contribution is 2.19. The van der Waals surface area contributed by atoms with Gasteiger partial charge in [-0.2, -0.15) is 0 Å². The van der Waals surface area contributed by atoms with Crippen LogP contribution in [0.25, 0.3) is 0 Å². The molecule has 5 heteroatoms. The number of nitrogens with zero attached hydrogens (tertiary/aromatic N) is 1. The van der Waals surface area contributed by atoms with Gasteiger partial charge in [-0.25, -0.2) is 0 Å². The van der Waals surface area contributed by atoms with Gasteiger partial charge in [-0.15, -0.1) is 0 Å². The van der Waals surface area contributed by atoms with Crippen molar-refractivity contribution >= 4 is 5.96 Å². The van der Waals surface area contributed by atoms with Gasteiger partial charge in [0, 0.05) is 39.4 Å². The second-order valence-corrected chi connectivity index (χ2v) is 5.22. The molecular formula is C17H29N3O2. The fraction of sp³-hybridized carbons (Fsp3) is 0.588. The summed E-state index contributed by atoms with van der Waals surface area (Å²) in [6.07, 6.45) is 3.37. The van der Waals surface area contributed by atoms with Crippen LogP contribution in [0.2, 0.25) is 0 Å². The van der Waals surface area contributed by atoms with E-state index >= 15 is 0 Å². The first-order valence-corrected chi connectivity index (χ1v) is 7.78. The van der Waals surface area contributed by atoms with E-state index in [0.717, 1.165) is 49.7 Å². The maximum atomic E-state index is 5.42. The summed E-state index contributed by atoms with van der Waals surface area (Å²) in [7, 11) is 5.22. The van der Waals surface area contributed by atoms with E-state index in [2.05, 4.69) is 34.7 Å². The number of aliphatic imine (C=N–C) groups is 1. The number of methoxy groups -OCH3 is 2. The number of hydrogen-bond donors (Lipinski definition) is 2. The summed E-state index contributed by atoms with van der Waals surface area (Å²) in [5.41, 5.74) is 2.32. The highest BCUT2D eigenvalue weighted by atomic mass is 16.5. The number of nitrogens with one attached hydrogen (secondary N) is 2. The molecule has 0 amide bonds.